The SMILES string of the molecule is CC(O)CN1CCC(Nc2cccc3c2cc(C#CCNc2ccc(S(C)(=O)=O)cc2)n3CC(F)(F)F)CC1. The summed E-state index contributed by atoms with van der Waals surface area (Å²) in [6.45, 7) is 3.10. The van der Waals surface area contributed by atoms with Crippen molar-refractivity contribution in [3.8, 4) is 11.8 Å². The molecule has 210 valence electrons. The molecule has 1 atom stereocenters. The number of aromatic nitrogens is 1. The van der Waals surface area contributed by atoms with Gasteiger partial charge in [0.05, 0.1) is 28.8 Å². The number of aliphatic hydroxyl groups is 1. The summed E-state index contributed by atoms with van der Waals surface area (Å²) in [7, 11) is -3.30. The highest BCUT2D eigenvalue weighted by Gasteiger charge is 2.30. The molecule has 3 aromatic rings. The van der Waals surface area contributed by atoms with Gasteiger partial charge in [0.15, 0.2) is 9.84 Å². The standard InChI is InChI=1S/C28H33F3N4O3S/c1-20(36)18-34-15-12-22(13-16-34)33-26-6-3-7-27-25(26)17-23(35(27)19-28(29,30)31)5-4-14-32-21-8-10-24(11-9-21)39(2,37)38/h3,6-11,17,20,22,32-33,36H,12-16,18-19H2,1-2H3. The van der Waals surface area contributed by atoms with Crippen molar-refractivity contribution in [2.75, 3.05) is 43.1 Å². The van der Waals surface area contributed by atoms with E-state index in [9.17, 15) is 26.7 Å². The Kier molecular flexibility index (Phi) is 8.79. The highest BCUT2D eigenvalue weighted by Crippen LogP contribution is 2.31. The molecule has 11 heteroatoms. The summed E-state index contributed by atoms with van der Waals surface area (Å²) in [5.41, 5.74) is 2.14. The molecule has 0 spiro atoms. The molecule has 7 nitrogen and oxygen atoms in total. The number of nitrogens with one attached hydrogen (secondary N) is 2. The number of rotatable bonds is 8. The fourth-order valence-corrected chi connectivity index (χ4v) is 5.45. The van der Waals surface area contributed by atoms with Crippen LogP contribution in [0.2, 0.25) is 0 Å². The highest BCUT2D eigenvalue weighted by atomic mass is 32.2. The van der Waals surface area contributed by atoms with E-state index in [4.69, 9.17) is 0 Å². The normalized spacial score (nSPS) is 16.1. The average Bonchev–Trinajstić information content (AvgIpc) is 3.19. The molecule has 1 fully saturated rings. The Hall–Kier alpha value is -3.20. The number of nitrogens with zero attached hydrogens (tertiary/aromatic N) is 2. The summed E-state index contributed by atoms with van der Waals surface area (Å²) in [5, 5.41) is 16.9. The summed E-state index contributed by atoms with van der Waals surface area (Å²) in [4.78, 5) is 2.41. The zero-order chi connectivity index (χ0) is 28.2. The number of hydrogen-bond donors (Lipinski definition) is 3. The van der Waals surface area contributed by atoms with E-state index in [0.29, 0.717) is 23.1 Å². The number of fused-ring (bicyclic) bond motifs is 1. The molecular weight excluding hydrogens is 529 g/mol. The van der Waals surface area contributed by atoms with Gasteiger partial charge in [-0.1, -0.05) is 12.0 Å². The Balaban J connectivity index is 1.52. The maximum absolute atomic E-state index is 13.5. The number of alkyl halides is 3. The van der Waals surface area contributed by atoms with Gasteiger partial charge in [0.1, 0.15) is 6.54 Å². The van der Waals surface area contributed by atoms with Crippen LogP contribution in [-0.4, -0.2) is 73.7 Å². The lowest BCUT2D eigenvalue weighted by atomic mass is 10.0. The highest BCUT2D eigenvalue weighted by molar-refractivity contribution is 7.90. The smallest absolute Gasteiger partial charge is 0.392 e. The molecule has 0 radical (unpaired) electrons. The molecule has 2 aromatic carbocycles. The number of aliphatic hydroxyl groups excluding tert-OH is 1. The van der Waals surface area contributed by atoms with Crippen LogP contribution in [0.3, 0.4) is 0 Å². The van der Waals surface area contributed by atoms with Gasteiger partial charge < -0.3 is 25.2 Å². The van der Waals surface area contributed by atoms with Gasteiger partial charge in [-0.15, -0.1) is 0 Å². The number of piperidine rings is 1. The van der Waals surface area contributed by atoms with Crippen molar-refractivity contribution in [2.24, 2.45) is 0 Å². The summed E-state index contributed by atoms with van der Waals surface area (Å²) < 4.78 is 64.9. The van der Waals surface area contributed by atoms with Crippen molar-refractivity contribution in [2.45, 2.75) is 49.5 Å². The molecule has 0 aliphatic carbocycles. The van der Waals surface area contributed by atoms with E-state index >= 15 is 0 Å². The van der Waals surface area contributed by atoms with Gasteiger partial charge in [-0.2, -0.15) is 13.2 Å². The average molecular weight is 563 g/mol. The quantitative estimate of drug-likeness (QED) is 0.355. The fraction of sp³-hybridized carbons (Fsp3) is 0.429. The first-order chi connectivity index (χ1) is 18.4. The summed E-state index contributed by atoms with van der Waals surface area (Å²) in [6.07, 6.45) is -1.93. The first kappa shape index (κ1) is 28.8. The van der Waals surface area contributed by atoms with Crippen LogP contribution in [0.15, 0.2) is 53.4 Å². The molecule has 0 saturated carbocycles. The van der Waals surface area contributed by atoms with E-state index < -0.39 is 22.6 Å². The van der Waals surface area contributed by atoms with Gasteiger partial charge in [0.2, 0.25) is 0 Å². The molecule has 2 heterocycles. The Morgan fingerprint density at radius 2 is 1.82 bits per heavy atom. The van der Waals surface area contributed by atoms with Gasteiger partial charge >= 0.3 is 6.18 Å². The van der Waals surface area contributed by atoms with E-state index in [0.717, 1.165) is 37.9 Å². The monoisotopic (exact) mass is 562 g/mol. The van der Waals surface area contributed by atoms with Crippen molar-refractivity contribution < 1.29 is 26.7 Å². The van der Waals surface area contributed by atoms with E-state index in [1.54, 1.807) is 37.3 Å². The van der Waals surface area contributed by atoms with Crippen LogP contribution in [0.1, 0.15) is 25.5 Å². The number of anilines is 2. The number of benzene rings is 2. The number of β-amino-alcohol motifs (C(OH)–C–C–N with tert-alkyl or cyclic N) is 1. The molecule has 3 N–H and O–H groups in total. The lowest BCUT2D eigenvalue weighted by molar-refractivity contribution is -0.140. The van der Waals surface area contributed by atoms with Gasteiger partial charge in [-0.05, 0) is 68.2 Å². The minimum Gasteiger partial charge on any atom is -0.392 e. The van der Waals surface area contributed by atoms with E-state index in [1.807, 2.05) is 6.07 Å². The maximum atomic E-state index is 13.5. The molecule has 39 heavy (non-hydrogen) atoms. The summed E-state index contributed by atoms with van der Waals surface area (Å²) in [6, 6.07) is 13.4. The van der Waals surface area contributed by atoms with Crippen molar-refractivity contribution >= 4 is 32.1 Å². The van der Waals surface area contributed by atoms with Crippen molar-refractivity contribution in [1.29, 1.82) is 0 Å². The van der Waals surface area contributed by atoms with Crippen LogP contribution in [0.4, 0.5) is 24.5 Å². The van der Waals surface area contributed by atoms with Crippen LogP contribution in [0, 0.1) is 11.8 Å². The van der Waals surface area contributed by atoms with Crippen LogP contribution < -0.4 is 10.6 Å². The first-order valence-electron chi connectivity index (χ1n) is 12.8. The second-order valence-corrected chi connectivity index (χ2v) is 12.0. The number of hydrogen-bond acceptors (Lipinski definition) is 6. The molecule has 0 amide bonds. The van der Waals surface area contributed by atoms with Crippen LogP contribution >= 0.6 is 0 Å². The van der Waals surface area contributed by atoms with Gasteiger partial charge in [0.25, 0.3) is 0 Å². The largest absolute Gasteiger partial charge is 0.406 e. The van der Waals surface area contributed by atoms with Crippen LogP contribution in [0.5, 0.6) is 0 Å². The van der Waals surface area contributed by atoms with Crippen LogP contribution in [0.25, 0.3) is 10.9 Å². The van der Waals surface area contributed by atoms with Crippen molar-refractivity contribution in [1.82, 2.24) is 9.47 Å². The van der Waals surface area contributed by atoms with E-state index in [2.05, 4.69) is 27.4 Å². The molecule has 1 saturated heterocycles. The molecule has 1 aromatic heterocycles. The van der Waals surface area contributed by atoms with Crippen LogP contribution in [-0.2, 0) is 16.4 Å². The lowest BCUT2D eigenvalue weighted by Crippen LogP contribution is -2.41. The first-order valence-corrected chi connectivity index (χ1v) is 14.7. The third-order valence-electron chi connectivity index (χ3n) is 6.63. The minimum absolute atomic E-state index is 0.169. The maximum Gasteiger partial charge on any atom is 0.406 e. The Morgan fingerprint density at radius 1 is 1.13 bits per heavy atom. The van der Waals surface area contributed by atoms with E-state index in [-0.39, 0.29) is 29.3 Å². The summed E-state index contributed by atoms with van der Waals surface area (Å²) >= 11 is 0. The molecule has 1 aliphatic heterocycles. The number of halogens is 3. The summed E-state index contributed by atoms with van der Waals surface area (Å²) in [5.74, 6) is 5.77. The second-order valence-electron chi connectivity index (χ2n) is 9.99. The predicted molar refractivity (Wildman–Crippen MR) is 148 cm³/mol. The third-order valence-corrected chi connectivity index (χ3v) is 7.76. The van der Waals surface area contributed by atoms with Crippen molar-refractivity contribution in [3.63, 3.8) is 0 Å². The molecular formula is C28H33F3N4O3S. The minimum atomic E-state index is -4.41. The Bertz CT molecular complexity index is 1450. The molecule has 1 unspecified atom stereocenters. The molecule has 4 rings (SSSR count). The van der Waals surface area contributed by atoms with E-state index in [1.165, 1.54) is 16.7 Å². The zero-order valence-corrected chi connectivity index (χ0v) is 22.7. The van der Waals surface area contributed by atoms with Gasteiger partial charge in [-0.3, -0.25) is 0 Å². The number of sulfone groups is 1. The second kappa shape index (κ2) is 11.9. The lowest BCUT2D eigenvalue weighted by Gasteiger charge is -2.33. The number of likely N-dealkylation sites (tertiary alicyclic amines) is 1. The fourth-order valence-electron chi connectivity index (χ4n) is 4.82. The zero-order valence-electron chi connectivity index (χ0n) is 21.9. The van der Waals surface area contributed by atoms with Crippen molar-refractivity contribution in [3.05, 3.63) is 54.2 Å². The molecule has 0 bridgehead atoms. The molecule has 1 aliphatic rings. The predicted octanol–water partition coefficient (Wildman–Crippen LogP) is 4.33. The topological polar surface area (TPSA) is 86.6 Å². The Labute approximate surface area is 226 Å². The Morgan fingerprint density at radius 3 is 2.44 bits per heavy atom. The van der Waals surface area contributed by atoms with Gasteiger partial charge in [-0.25, -0.2) is 8.42 Å². The third kappa shape index (κ3) is 7.91. The van der Waals surface area contributed by atoms with Gasteiger partial charge in [0, 0.05) is 48.7 Å².